The van der Waals surface area contributed by atoms with Crippen molar-refractivity contribution in [2.45, 2.75) is 12.8 Å². The molecule has 1 aromatic carbocycles. The van der Waals surface area contributed by atoms with Crippen LogP contribution in [0.15, 0.2) is 22.8 Å². The van der Waals surface area contributed by atoms with Crippen LogP contribution in [0.2, 0.25) is 0 Å². The molecular weight excluding hydrogens is 194 g/mol. The number of Topliss-reactive ketones (excluding diaryl/α,β-unsaturated/α-hetero) is 1. The Kier molecular flexibility index (Phi) is 2.73. The summed E-state index contributed by atoms with van der Waals surface area (Å²) < 4.78 is 4.55. The van der Waals surface area contributed by atoms with Crippen LogP contribution in [0.1, 0.15) is 23.2 Å². The zero-order chi connectivity index (χ0) is 10.7. The quantitative estimate of drug-likeness (QED) is 0.757. The first-order valence-corrected chi connectivity index (χ1v) is 4.77. The maximum atomic E-state index is 11.6. The van der Waals surface area contributed by atoms with Crippen molar-refractivity contribution in [3.8, 4) is 0 Å². The van der Waals surface area contributed by atoms with Gasteiger partial charge in [-0.3, -0.25) is 4.79 Å². The first-order chi connectivity index (χ1) is 7.31. The van der Waals surface area contributed by atoms with E-state index < -0.39 is 0 Å². The second kappa shape index (κ2) is 4.18. The van der Waals surface area contributed by atoms with Crippen molar-refractivity contribution in [2.24, 2.45) is 5.73 Å². The van der Waals surface area contributed by atoms with Crippen molar-refractivity contribution in [3.63, 3.8) is 0 Å². The molecule has 0 aliphatic rings. The summed E-state index contributed by atoms with van der Waals surface area (Å²) in [7, 11) is 0. The van der Waals surface area contributed by atoms with Gasteiger partial charge in [-0.15, -0.1) is 0 Å². The zero-order valence-corrected chi connectivity index (χ0v) is 8.14. The van der Waals surface area contributed by atoms with Crippen LogP contribution >= 0.6 is 0 Å². The molecule has 0 radical (unpaired) electrons. The number of hydrogen-bond acceptors (Lipinski definition) is 5. The number of aromatic nitrogens is 2. The van der Waals surface area contributed by atoms with Crippen LogP contribution in [0.25, 0.3) is 11.0 Å². The monoisotopic (exact) mass is 205 g/mol. The number of nitrogens with zero attached hydrogens (tertiary/aromatic N) is 2. The topological polar surface area (TPSA) is 82.0 Å². The van der Waals surface area contributed by atoms with Gasteiger partial charge >= 0.3 is 0 Å². The van der Waals surface area contributed by atoms with Crippen LogP contribution in [0.4, 0.5) is 0 Å². The number of carbonyl (C=O) groups is 1. The zero-order valence-electron chi connectivity index (χ0n) is 8.14. The van der Waals surface area contributed by atoms with E-state index >= 15 is 0 Å². The summed E-state index contributed by atoms with van der Waals surface area (Å²) in [5.74, 6) is 0.0744. The average Bonchev–Trinajstić information content (AvgIpc) is 2.72. The summed E-state index contributed by atoms with van der Waals surface area (Å²) in [6, 6.07) is 5.14. The molecule has 0 bridgehead atoms. The number of carbonyl (C=O) groups excluding carboxylic acids is 1. The van der Waals surface area contributed by atoms with Crippen molar-refractivity contribution < 1.29 is 9.42 Å². The minimum atomic E-state index is 0.0744. The van der Waals surface area contributed by atoms with E-state index in [1.165, 1.54) is 0 Å². The van der Waals surface area contributed by atoms with Gasteiger partial charge in [0.1, 0.15) is 11.0 Å². The number of rotatable bonds is 4. The summed E-state index contributed by atoms with van der Waals surface area (Å²) in [6.45, 7) is 0.527. The highest BCUT2D eigenvalue weighted by molar-refractivity contribution is 5.98. The highest BCUT2D eigenvalue weighted by Gasteiger charge is 2.08. The molecule has 1 aromatic heterocycles. The summed E-state index contributed by atoms with van der Waals surface area (Å²) >= 11 is 0. The van der Waals surface area contributed by atoms with E-state index in [-0.39, 0.29) is 5.78 Å². The molecule has 2 N–H and O–H groups in total. The van der Waals surface area contributed by atoms with E-state index in [1.54, 1.807) is 18.2 Å². The van der Waals surface area contributed by atoms with Crippen molar-refractivity contribution >= 4 is 16.8 Å². The summed E-state index contributed by atoms with van der Waals surface area (Å²) in [5.41, 5.74) is 7.23. The predicted octanol–water partition coefficient (Wildman–Crippen LogP) is 1.14. The molecule has 0 atom stereocenters. The van der Waals surface area contributed by atoms with Crippen LogP contribution in [0.3, 0.4) is 0 Å². The van der Waals surface area contributed by atoms with E-state index in [0.717, 1.165) is 0 Å². The molecule has 0 saturated heterocycles. The number of nitrogens with two attached hydrogens (primary N) is 1. The van der Waals surface area contributed by atoms with Crippen LogP contribution < -0.4 is 5.73 Å². The number of hydrogen-bond donors (Lipinski definition) is 1. The Hall–Kier alpha value is -1.75. The molecule has 0 aliphatic heterocycles. The van der Waals surface area contributed by atoms with Crippen LogP contribution in [0.5, 0.6) is 0 Å². The SMILES string of the molecule is NCCCC(=O)c1ccc2nonc2c1. The lowest BCUT2D eigenvalue weighted by Crippen LogP contribution is -2.04. The van der Waals surface area contributed by atoms with Gasteiger partial charge in [-0.25, -0.2) is 4.63 Å². The Balaban J connectivity index is 2.23. The van der Waals surface area contributed by atoms with Gasteiger partial charge in [0.05, 0.1) is 0 Å². The Labute approximate surface area is 86.2 Å². The van der Waals surface area contributed by atoms with Gasteiger partial charge in [-0.1, -0.05) is 0 Å². The van der Waals surface area contributed by atoms with Gasteiger partial charge in [-0.05, 0) is 41.5 Å². The highest BCUT2D eigenvalue weighted by atomic mass is 16.6. The van der Waals surface area contributed by atoms with E-state index in [4.69, 9.17) is 5.73 Å². The predicted molar refractivity (Wildman–Crippen MR) is 54.4 cm³/mol. The number of fused-ring (bicyclic) bond motifs is 1. The minimum Gasteiger partial charge on any atom is -0.330 e. The molecule has 0 spiro atoms. The summed E-state index contributed by atoms with van der Waals surface area (Å²) in [6.07, 6.45) is 1.17. The molecule has 2 rings (SSSR count). The fourth-order valence-electron chi connectivity index (χ4n) is 1.36. The van der Waals surface area contributed by atoms with Crippen LogP contribution in [-0.4, -0.2) is 22.6 Å². The van der Waals surface area contributed by atoms with Crippen LogP contribution in [-0.2, 0) is 0 Å². The van der Waals surface area contributed by atoms with Crippen molar-refractivity contribution in [3.05, 3.63) is 23.8 Å². The largest absolute Gasteiger partial charge is 0.330 e. The third kappa shape index (κ3) is 2.02. The molecular formula is C10H11N3O2. The molecule has 15 heavy (non-hydrogen) atoms. The number of benzene rings is 1. The first-order valence-electron chi connectivity index (χ1n) is 4.77. The van der Waals surface area contributed by atoms with Gasteiger partial charge in [-0.2, -0.15) is 0 Å². The molecule has 0 aliphatic carbocycles. The third-order valence-corrected chi connectivity index (χ3v) is 2.18. The summed E-state index contributed by atoms with van der Waals surface area (Å²) in [5, 5.41) is 7.34. The second-order valence-corrected chi connectivity index (χ2v) is 3.28. The lowest BCUT2D eigenvalue weighted by molar-refractivity contribution is 0.0981. The lowest BCUT2D eigenvalue weighted by atomic mass is 10.1. The van der Waals surface area contributed by atoms with E-state index in [9.17, 15) is 4.79 Å². The van der Waals surface area contributed by atoms with E-state index in [2.05, 4.69) is 14.9 Å². The van der Waals surface area contributed by atoms with Crippen molar-refractivity contribution in [1.82, 2.24) is 10.3 Å². The fraction of sp³-hybridized carbons (Fsp3) is 0.300. The third-order valence-electron chi connectivity index (χ3n) is 2.18. The molecule has 78 valence electrons. The minimum absolute atomic E-state index is 0.0744. The Bertz CT molecular complexity index is 478. The molecule has 0 unspecified atom stereocenters. The smallest absolute Gasteiger partial charge is 0.163 e. The number of ketones is 1. The van der Waals surface area contributed by atoms with Crippen LogP contribution in [0, 0.1) is 0 Å². The Morgan fingerprint density at radius 2 is 2.13 bits per heavy atom. The average molecular weight is 205 g/mol. The van der Waals surface area contributed by atoms with Crippen molar-refractivity contribution in [2.75, 3.05) is 6.54 Å². The van der Waals surface area contributed by atoms with Gasteiger partial charge in [0, 0.05) is 12.0 Å². The molecule has 0 amide bonds. The normalized spacial score (nSPS) is 10.7. The first kappa shape index (κ1) is 9.79. The van der Waals surface area contributed by atoms with Gasteiger partial charge < -0.3 is 5.73 Å². The molecule has 0 saturated carbocycles. The maximum Gasteiger partial charge on any atom is 0.163 e. The fourth-order valence-corrected chi connectivity index (χ4v) is 1.36. The molecule has 2 aromatic rings. The molecule has 0 fully saturated rings. The molecule has 1 heterocycles. The van der Waals surface area contributed by atoms with Gasteiger partial charge in [0.2, 0.25) is 0 Å². The second-order valence-electron chi connectivity index (χ2n) is 3.28. The Morgan fingerprint density at radius 3 is 2.93 bits per heavy atom. The Morgan fingerprint density at radius 1 is 1.33 bits per heavy atom. The van der Waals surface area contributed by atoms with Crippen molar-refractivity contribution in [1.29, 1.82) is 0 Å². The standard InChI is InChI=1S/C10H11N3O2/c11-5-1-2-10(14)7-3-4-8-9(6-7)13-15-12-8/h3-4,6H,1-2,5,11H2. The van der Waals surface area contributed by atoms with Gasteiger partial charge in [0.25, 0.3) is 0 Å². The summed E-state index contributed by atoms with van der Waals surface area (Å²) in [4.78, 5) is 11.6. The van der Waals surface area contributed by atoms with E-state index in [0.29, 0.717) is 36.0 Å². The van der Waals surface area contributed by atoms with E-state index in [1.807, 2.05) is 0 Å². The molecule has 5 nitrogen and oxygen atoms in total. The van der Waals surface area contributed by atoms with Gasteiger partial charge in [0.15, 0.2) is 5.78 Å². The maximum absolute atomic E-state index is 11.6. The highest BCUT2D eigenvalue weighted by Crippen LogP contribution is 2.13. The lowest BCUT2D eigenvalue weighted by Gasteiger charge is -1.98. The molecule has 5 heteroatoms.